The van der Waals surface area contributed by atoms with E-state index in [4.69, 9.17) is 4.74 Å². The van der Waals surface area contributed by atoms with Crippen LogP contribution in [-0.4, -0.2) is 25.5 Å². The van der Waals surface area contributed by atoms with Gasteiger partial charge in [0.05, 0.1) is 7.11 Å². The predicted octanol–water partition coefficient (Wildman–Crippen LogP) is 4.05. The van der Waals surface area contributed by atoms with Gasteiger partial charge < -0.3 is 15.0 Å². The molecule has 0 bridgehead atoms. The van der Waals surface area contributed by atoms with Gasteiger partial charge in [-0.2, -0.15) is 0 Å². The average molecular weight is 383 g/mol. The fraction of sp³-hybridized carbons (Fsp3) is 0.391. The molecule has 0 spiro atoms. The molecular weight excluding hydrogens is 352 g/mol. The number of para-hydroxylation sites is 1. The zero-order valence-corrected chi connectivity index (χ0v) is 17.4. The Balaban J connectivity index is 1.95. The number of methoxy groups -OCH3 is 1. The smallest absolute Gasteiger partial charge is 0.223 e. The molecule has 150 valence electrons. The summed E-state index contributed by atoms with van der Waals surface area (Å²) in [7, 11) is 1.61. The molecule has 0 saturated carbocycles. The van der Waals surface area contributed by atoms with Crippen molar-refractivity contribution in [1.29, 1.82) is 0 Å². The summed E-state index contributed by atoms with van der Waals surface area (Å²) >= 11 is 0. The first-order valence-electron chi connectivity index (χ1n) is 9.49. The van der Waals surface area contributed by atoms with Gasteiger partial charge in [0.2, 0.25) is 11.8 Å². The van der Waals surface area contributed by atoms with Crippen LogP contribution in [0.15, 0.2) is 48.5 Å². The Bertz CT molecular complexity index is 807. The second-order valence-corrected chi connectivity index (χ2v) is 7.81. The first-order chi connectivity index (χ1) is 13.2. The van der Waals surface area contributed by atoms with E-state index in [0.29, 0.717) is 13.1 Å². The van der Waals surface area contributed by atoms with Crippen LogP contribution in [0, 0.1) is 0 Å². The Hall–Kier alpha value is -2.82. The number of amides is 2. The number of hydrogen-bond donors (Lipinski definition) is 1. The monoisotopic (exact) mass is 382 g/mol. The highest BCUT2D eigenvalue weighted by Crippen LogP contribution is 2.25. The zero-order valence-electron chi connectivity index (χ0n) is 17.4. The van der Waals surface area contributed by atoms with Gasteiger partial charge in [-0.25, -0.2) is 0 Å². The van der Waals surface area contributed by atoms with Gasteiger partial charge in [0.1, 0.15) is 5.75 Å². The van der Waals surface area contributed by atoms with Crippen LogP contribution in [0.2, 0.25) is 0 Å². The van der Waals surface area contributed by atoms with Gasteiger partial charge in [-0.3, -0.25) is 9.59 Å². The molecule has 2 aromatic carbocycles. The maximum absolute atomic E-state index is 12.3. The van der Waals surface area contributed by atoms with Crippen molar-refractivity contribution in [2.24, 2.45) is 0 Å². The number of rotatable bonds is 7. The average Bonchev–Trinajstić information content (AvgIpc) is 2.66. The third-order valence-corrected chi connectivity index (χ3v) is 4.66. The van der Waals surface area contributed by atoms with E-state index < -0.39 is 0 Å². The number of carbonyl (C=O) groups excluding carboxylic acids is 2. The van der Waals surface area contributed by atoms with Crippen molar-refractivity contribution in [2.45, 2.75) is 46.1 Å². The molecule has 0 aromatic heterocycles. The zero-order chi connectivity index (χ0) is 20.7. The summed E-state index contributed by atoms with van der Waals surface area (Å²) in [6, 6.07) is 15.5. The van der Waals surface area contributed by atoms with Gasteiger partial charge in [-0.15, -0.1) is 0 Å². The predicted molar refractivity (Wildman–Crippen MR) is 113 cm³/mol. The fourth-order valence-corrected chi connectivity index (χ4v) is 2.95. The molecule has 0 aliphatic heterocycles. The molecule has 0 radical (unpaired) electrons. The minimum absolute atomic E-state index is 0.0535. The van der Waals surface area contributed by atoms with Crippen LogP contribution < -0.4 is 15.0 Å². The van der Waals surface area contributed by atoms with E-state index in [9.17, 15) is 9.59 Å². The third-order valence-electron chi connectivity index (χ3n) is 4.66. The highest BCUT2D eigenvalue weighted by Gasteiger charge is 2.17. The molecule has 0 saturated heterocycles. The molecule has 1 N–H and O–H groups in total. The van der Waals surface area contributed by atoms with Gasteiger partial charge in [0, 0.05) is 37.7 Å². The molecule has 5 nitrogen and oxygen atoms in total. The lowest BCUT2D eigenvalue weighted by Gasteiger charge is -2.23. The molecule has 28 heavy (non-hydrogen) atoms. The van der Waals surface area contributed by atoms with Crippen molar-refractivity contribution in [2.75, 3.05) is 18.6 Å². The van der Waals surface area contributed by atoms with Gasteiger partial charge in [-0.05, 0) is 29.2 Å². The van der Waals surface area contributed by atoms with E-state index in [1.54, 1.807) is 12.0 Å². The SMILES string of the molecule is COc1ccccc1CNC(=O)CCN(C(C)=O)c1ccc(C(C)(C)C)cc1. The molecule has 2 aromatic rings. The van der Waals surface area contributed by atoms with E-state index in [1.807, 2.05) is 48.5 Å². The summed E-state index contributed by atoms with van der Waals surface area (Å²) < 4.78 is 5.29. The maximum atomic E-state index is 12.3. The Morgan fingerprint density at radius 1 is 1.04 bits per heavy atom. The Morgan fingerprint density at radius 2 is 1.68 bits per heavy atom. The van der Waals surface area contributed by atoms with E-state index in [0.717, 1.165) is 17.0 Å². The number of anilines is 1. The number of nitrogens with one attached hydrogen (secondary N) is 1. The van der Waals surface area contributed by atoms with Crippen LogP contribution in [0.3, 0.4) is 0 Å². The van der Waals surface area contributed by atoms with E-state index in [-0.39, 0.29) is 23.7 Å². The van der Waals surface area contributed by atoms with Crippen LogP contribution in [0.5, 0.6) is 5.75 Å². The highest BCUT2D eigenvalue weighted by molar-refractivity contribution is 5.92. The Morgan fingerprint density at radius 3 is 2.25 bits per heavy atom. The summed E-state index contributed by atoms with van der Waals surface area (Å²) in [6.45, 7) is 8.69. The van der Waals surface area contributed by atoms with Gasteiger partial charge in [-0.1, -0.05) is 51.1 Å². The standard InChI is InChI=1S/C23H30N2O3/c1-17(26)25(20-12-10-19(11-13-20)23(2,3)4)15-14-22(27)24-16-18-8-6-7-9-21(18)28-5/h6-13H,14-16H2,1-5H3,(H,24,27). The number of ether oxygens (including phenoxy) is 1. The minimum Gasteiger partial charge on any atom is -0.496 e. The molecule has 0 fully saturated rings. The van der Waals surface area contributed by atoms with Crippen LogP contribution >= 0.6 is 0 Å². The van der Waals surface area contributed by atoms with Crippen LogP contribution in [0.4, 0.5) is 5.69 Å². The van der Waals surface area contributed by atoms with Crippen molar-refractivity contribution >= 4 is 17.5 Å². The number of benzene rings is 2. The summed E-state index contributed by atoms with van der Waals surface area (Å²) in [4.78, 5) is 26.0. The molecule has 2 amide bonds. The highest BCUT2D eigenvalue weighted by atomic mass is 16.5. The lowest BCUT2D eigenvalue weighted by Crippen LogP contribution is -2.33. The first-order valence-corrected chi connectivity index (χ1v) is 9.49. The number of hydrogen-bond acceptors (Lipinski definition) is 3. The molecular formula is C23H30N2O3. The number of nitrogens with zero attached hydrogens (tertiary/aromatic N) is 1. The second-order valence-electron chi connectivity index (χ2n) is 7.81. The van der Waals surface area contributed by atoms with E-state index >= 15 is 0 Å². The molecule has 0 atom stereocenters. The van der Waals surface area contributed by atoms with Crippen molar-refractivity contribution in [3.05, 3.63) is 59.7 Å². The molecule has 0 unspecified atom stereocenters. The third kappa shape index (κ3) is 5.84. The van der Waals surface area contributed by atoms with Crippen molar-refractivity contribution in [1.82, 2.24) is 5.32 Å². The molecule has 0 heterocycles. The van der Waals surface area contributed by atoms with Gasteiger partial charge >= 0.3 is 0 Å². The Kier molecular flexibility index (Phi) is 7.21. The quantitative estimate of drug-likeness (QED) is 0.786. The molecule has 0 aliphatic carbocycles. The lowest BCUT2D eigenvalue weighted by molar-refractivity contribution is -0.121. The number of carbonyl (C=O) groups is 2. The van der Waals surface area contributed by atoms with Crippen LogP contribution in [0.25, 0.3) is 0 Å². The Labute approximate surface area is 167 Å². The molecule has 2 rings (SSSR count). The van der Waals surface area contributed by atoms with Crippen LogP contribution in [0.1, 0.15) is 45.2 Å². The largest absolute Gasteiger partial charge is 0.496 e. The summed E-state index contributed by atoms with van der Waals surface area (Å²) in [5.41, 5.74) is 2.98. The van der Waals surface area contributed by atoms with Crippen LogP contribution in [-0.2, 0) is 21.5 Å². The summed E-state index contributed by atoms with van der Waals surface area (Å²) in [5, 5.41) is 2.89. The lowest BCUT2D eigenvalue weighted by atomic mass is 9.87. The van der Waals surface area contributed by atoms with Crippen molar-refractivity contribution in [3.8, 4) is 5.75 Å². The normalized spacial score (nSPS) is 11.0. The molecule has 5 heteroatoms. The van der Waals surface area contributed by atoms with E-state index in [1.165, 1.54) is 12.5 Å². The maximum Gasteiger partial charge on any atom is 0.223 e. The minimum atomic E-state index is -0.108. The second kappa shape index (κ2) is 9.40. The van der Waals surface area contributed by atoms with Gasteiger partial charge in [0.25, 0.3) is 0 Å². The van der Waals surface area contributed by atoms with Gasteiger partial charge in [0.15, 0.2) is 0 Å². The van der Waals surface area contributed by atoms with Crippen molar-refractivity contribution < 1.29 is 14.3 Å². The fourth-order valence-electron chi connectivity index (χ4n) is 2.95. The van der Waals surface area contributed by atoms with E-state index in [2.05, 4.69) is 26.1 Å². The topological polar surface area (TPSA) is 58.6 Å². The summed E-state index contributed by atoms with van der Waals surface area (Å²) in [5.74, 6) is 0.552. The molecule has 0 aliphatic rings. The first kappa shape index (κ1) is 21.5. The summed E-state index contributed by atoms with van der Waals surface area (Å²) in [6.07, 6.45) is 0.232. The van der Waals surface area contributed by atoms with Crippen molar-refractivity contribution in [3.63, 3.8) is 0 Å².